The highest BCUT2D eigenvalue weighted by Crippen LogP contribution is 2.38. The molecule has 2 N–H and O–H groups in total. The van der Waals surface area contributed by atoms with Crippen molar-refractivity contribution >= 4 is 5.91 Å². The Kier molecular flexibility index (Phi) is 5.02. The normalized spacial score (nSPS) is 24.1. The zero-order valence-corrected chi connectivity index (χ0v) is 11.8. The standard InChI is InChI=1S/C15H24N2O2/c1-3-5-6-7-12(4-2)16-15(18)13-10-14(19-17-13)11-8-9-11/h5-6,10-13,17H,3-4,7-9H2,1-2H3,(H,16,18)/b6-5-. The van der Waals surface area contributed by atoms with Crippen molar-refractivity contribution in [3.63, 3.8) is 0 Å². The quantitative estimate of drug-likeness (QED) is 0.694. The van der Waals surface area contributed by atoms with Gasteiger partial charge in [-0.25, -0.2) is 0 Å². The van der Waals surface area contributed by atoms with E-state index < -0.39 is 0 Å². The first-order chi connectivity index (χ1) is 9.24. The molecule has 0 aromatic carbocycles. The molecule has 0 bridgehead atoms. The van der Waals surface area contributed by atoms with Crippen LogP contribution in [0.2, 0.25) is 0 Å². The number of hydrogen-bond donors (Lipinski definition) is 2. The van der Waals surface area contributed by atoms with E-state index in [4.69, 9.17) is 4.84 Å². The Labute approximate surface area is 115 Å². The molecule has 2 atom stereocenters. The second-order valence-electron chi connectivity index (χ2n) is 5.27. The van der Waals surface area contributed by atoms with Gasteiger partial charge in [-0.05, 0) is 38.2 Å². The number of allylic oxidation sites excluding steroid dienone is 2. The summed E-state index contributed by atoms with van der Waals surface area (Å²) in [5, 5.41) is 3.07. The van der Waals surface area contributed by atoms with E-state index >= 15 is 0 Å². The first-order valence-electron chi connectivity index (χ1n) is 7.34. The molecule has 2 rings (SSSR count). The molecule has 1 heterocycles. The van der Waals surface area contributed by atoms with Crippen LogP contribution in [0.4, 0.5) is 0 Å². The molecule has 0 spiro atoms. The van der Waals surface area contributed by atoms with Crippen LogP contribution >= 0.6 is 0 Å². The summed E-state index contributed by atoms with van der Waals surface area (Å²) in [6, 6.07) is -0.129. The molecule has 0 aromatic rings. The predicted molar refractivity (Wildman–Crippen MR) is 75.1 cm³/mol. The third-order valence-electron chi connectivity index (χ3n) is 3.56. The highest BCUT2D eigenvalue weighted by atomic mass is 16.7. The van der Waals surface area contributed by atoms with Crippen molar-refractivity contribution in [2.24, 2.45) is 5.92 Å². The van der Waals surface area contributed by atoms with E-state index in [1.54, 1.807) is 0 Å². The Hall–Kier alpha value is -1.29. The van der Waals surface area contributed by atoms with Gasteiger partial charge >= 0.3 is 0 Å². The summed E-state index contributed by atoms with van der Waals surface area (Å²) in [6.45, 7) is 4.20. The number of hydroxylamine groups is 1. The minimum atomic E-state index is -0.334. The second-order valence-corrected chi connectivity index (χ2v) is 5.27. The Morgan fingerprint density at radius 2 is 2.32 bits per heavy atom. The van der Waals surface area contributed by atoms with Crippen LogP contribution in [0.1, 0.15) is 46.0 Å². The molecule has 106 valence electrons. The van der Waals surface area contributed by atoms with Crippen LogP contribution in [0.3, 0.4) is 0 Å². The largest absolute Gasteiger partial charge is 0.412 e. The van der Waals surface area contributed by atoms with Crippen molar-refractivity contribution in [3.8, 4) is 0 Å². The van der Waals surface area contributed by atoms with Gasteiger partial charge in [0.05, 0.1) is 0 Å². The lowest BCUT2D eigenvalue weighted by Crippen LogP contribution is -2.44. The van der Waals surface area contributed by atoms with Crippen LogP contribution in [-0.4, -0.2) is 18.0 Å². The van der Waals surface area contributed by atoms with Gasteiger partial charge in [-0.3, -0.25) is 4.79 Å². The number of rotatable bonds is 7. The van der Waals surface area contributed by atoms with E-state index in [0.717, 1.165) is 25.0 Å². The van der Waals surface area contributed by atoms with E-state index in [2.05, 4.69) is 36.8 Å². The Bertz CT molecular complexity index is 372. The Morgan fingerprint density at radius 3 is 2.95 bits per heavy atom. The van der Waals surface area contributed by atoms with E-state index in [-0.39, 0.29) is 18.0 Å². The third kappa shape index (κ3) is 4.10. The van der Waals surface area contributed by atoms with Crippen LogP contribution in [0, 0.1) is 5.92 Å². The molecule has 2 aliphatic rings. The maximum Gasteiger partial charge on any atom is 0.244 e. The van der Waals surface area contributed by atoms with Crippen LogP contribution in [0.15, 0.2) is 24.0 Å². The summed E-state index contributed by atoms with van der Waals surface area (Å²) in [6.07, 6.45) is 11.4. The second kappa shape index (κ2) is 6.75. The van der Waals surface area contributed by atoms with Crippen molar-refractivity contribution < 1.29 is 9.63 Å². The molecule has 0 radical (unpaired) electrons. The zero-order valence-electron chi connectivity index (χ0n) is 11.8. The lowest BCUT2D eigenvalue weighted by molar-refractivity contribution is -0.124. The first-order valence-corrected chi connectivity index (χ1v) is 7.34. The van der Waals surface area contributed by atoms with Crippen LogP contribution in [0.25, 0.3) is 0 Å². The molecule has 2 unspecified atom stereocenters. The summed E-state index contributed by atoms with van der Waals surface area (Å²) >= 11 is 0. The van der Waals surface area contributed by atoms with E-state index in [1.165, 1.54) is 12.8 Å². The molecule has 1 aliphatic carbocycles. The van der Waals surface area contributed by atoms with Gasteiger partial charge in [0.25, 0.3) is 0 Å². The van der Waals surface area contributed by atoms with Gasteiger partial charge in [0.15, 0.2) is 0 Å². The maximum absolute atomic E-state index is 12.1. The molecule has 1 saturated carbocycles. The van der Waals surface area contributed by atoms with Crippen molar-refractivity contribution in [2.45, 2.75) is 58.0 Å². The Morgan fingerprint density at radius 1 is 1.53 bits per heavy atom. The maximum atomic E-state index is 12.1. The molecular weight excluding hydrogens is 240 g/mol. The van der Waals surface area contributed by atoms with Crippen molar-refractivity contribution in [3.05, 3.63) is 24.0 Å². The lowest BCUT2D eigenvalue weighted by Gasteiger charge is -2.17. The van der Waals surface area contributed by atoms with Gasteiger partial charge in [0, 0.05) is 12.0 Å². The van der Waals surface area contributed by atoms with E-state index in [9.17, 15) is 4.79 Å². The topological polar surface area (TPSA) is 50.4 Å². The molecule has 1 aliphatic heterocycles. The zero-order chi connectivity index (χ0) is 13.7. The monoisotopic (exact) mass is 264 g/mol. The number of nitrogens with one attached hydrogen (secondary N) is 2. The lowest BCUT2D eigenvalue weighted by atomic mass is 10.1. The fraction of sp³-hybridized carbons (Fsp3) is 0.667. The fourth-order valence-corrected chi connectivity index (χ4v) is 2.13. The van der Waals surface area contributed by atoms with Crippen molar-refractivity contribution in [1.29, 1.82) is 0 Å². The van der Waals surface area contributed by atoms with E-state index in [0.29, 0.717) is 5.92 Å². The molecule has 4 nitrogen and oxygen atoms in total. The Balaban J connectivity index is 1.80. The highest BCUT2D eigenvalue weighted by molar-refractivity contribution is 5.84. The molecule has 4 heteroatoms. The average molecular weight is 264 g/mol. The molecule has 0 saturated heterocycles. The number of carbonyl (C=O) groups excluding carboxylic acids is 1. The van der Waals surface area contributed by atoms with Crippen molar-refractivity contribution in [1.82, 2.24) is 10.8 Å². The van der Waals surface area contributed by atoms with Crippen LogP contribution in [0.5, 0.6) is 0 Å². The van der Waals surface area contributed by atoms with Crippen LogP contribution < -0.4 is 10.8 Å². The summed E-state index contributed by atoms with van der Waals surface area (Å²) in [5.74, 6) is 1.49. The summed E-state index contributed by atoms with van der Waals surface area (Å²) in [7, 11) is 0. The average Bonchev–Trinajstić information content (AvgIpc) is 3.15. The van der Waals surface area contributed by atoms with Gasteiger partial charge in [-0.15, -0.1) is 5.48 Å². The van der Waals surface area contributed by atoms with Gasteiger partial charge in [0.2, 0.25) is 5.91 Å². The van der Waals surface area contributed by atoms with Gasteiger partial charge < -0.3 is 10.2 Å². The number of amides is 1. The highest BCUT2D eigenvalue weighted by Gasteiger charge is 2.34. The molecular formula is C15H24N2O2. The predicted octanol–water partition coefficient (Wildman–Crippen LogP) is 2.43. The van der Waals surface area contributed by atoms with Crippen LogP contribution in [-0.2, 0) is 9.63 Å². The summed E-state index contributed by atoms with van der Waals surface area (Å²) < 4.78 is 0. The van der Waals surface area contributed by atoms with Crippen molar-refractivity contribution in [2.75, 3.05) is 0 Å². The van der Waals surface area contributed by atoms with Gasteiger partial charge in [0.1, 0.15) is 11.8 Å². The first kappa shape index (κ1) is 14.1. The fourth-order valence-electron chi connectivity index (χ4n) is 2.13. The van der Waals surface area contributed by atoms with Gasteiger partial charge in [-0.2, -0.15) is 0 Å². The summed E-state index contributed by atoms with van der Waals surface area (Å²) in [5.41, 5.74) is 2.80. The number of hydrogen-bond acceptors (Lipinski definition) is 3. The minimum absolute atomic E-state index is 0.00685. The molecule has 1 amide bonds. The smallest absolute Gasteiger partial charge is 0.244 e. The summed E-state index contributed by atoms with van der Waals surface area (Å²) in [4.78, 5) is 17.5. The number of carbonyl (C=O) groups is 1. The SMILES string of the molecule is CC/C=C\CC(CC)NC(=O)C1C=C(C2CC2)ON1. The van der Waals surface area contributed by atoms with Gasteiger partial charge in [-0.1, -0.05) is 26.0 Å². The third-order valence-corrected chi connectivity index (χ3v) is 3.56. The molecule has 1 fully saturated rings. The molecule has 19 heavy (non-hydrogen) atoms. The molecule has 0 aromatic heterocycles. The van der Waals surface area contributed by atoms with E-state index in [1.807, 2.05) is 6.08 Å². The minimum Gasteiger partial charge on any atom is -0.412 e.